The van der Waals surface area contributed by atoms with E-state index in [9.17, 15) is 4.79 Å². The number of hydrogen-bond donors (Lipinski definition) is 1. The van der Waals surface area contributed by atoms with E-state index in [0.717, 1.165) is 48.6 Å². The lowest BCUT2D eigenvalue weighted by Crippen LogP contribution is -2.46. The molecular weight excluding hydrogens is 583 g/mol. The van der Waals surface area contributed by atoms with Crippen molar-refractivity contribution in [2.75, 3.05) is 43.7 Å². The number of aromatic nitrogens is 2. The minimum atomic E-state index is -1.08. The molecule has 4 heterocycles. The zero-order valence-corrected chi connectivity index (χ0v) is 25.8. The number of H-pyrrole nitrogens is 1. The number of methoxy groups -OCH3 is 2. The molecule has 0 aliphatic carbocycles. The normalized spacial score (nSPS) is 16.0. The Kier molecular flexibility index (Phi) is 8.89. The molecule has 4 aromatic rings. The van der Waals surface area contributed by atoms with Gasteiger partial charge in [-0.2, -0.15) is 0 Å². The summed E-state index contributed by atoms with van der Waals surface area (Å²) in [6.07, 6.45) is 8.59. The van der Waals surface area contributed by atoms with Gasteiger partial charge < -0.3 is 19.4 Å². The van der Waals surface area contributed by atoms with E-state index in [2.05, 4.69) is 21.8 Å². The van der Waals surface area contributed by atoms with Crippen molar-refractivity contribution in [2.45, 2.75) is 52.0 Å². The fourth-order valence-corrected chi connectivity index (χ4v) is 6.54. The van der Waals surface area contributed by atoms with Crippen LogP contribution in [-0.2, 0) is 13.0 Å². The van der Waals surface area contributed by atoms with Crippen molar-refractivity contribution in [2.24, 2.45) is 5.92 Å². The van der Waals surface area contributed by atoms with E-state index in [1.807, 2.05) is 6.07 Å². The van der Waals surface area contributed by atoms with Gasteiger partial charge in [0.2, 0.25) is 0 Å². The SMILES string of the molecule is CCCCC1CCN(CCc2cc3c4c(cnc3[nH]2)CN(c2c(F)c(OC)cc(OC)c2F)C(=O)N4c2ccccc2F)CC1. The molecule has 1 N–H and O–H groups in total. The van der Waals surface area contributed by atoms with Crippen molar-refractivity contribution in [3.63, 3.8) is 0 Å². The van der Waals surface area contributed by atoms with Gasteiger partial charge in [0.05, 0.1) is 32.1 Å². The number of benzene rings is 2. The van der Waals surface area contributed by atoms with Crippen LogP contribution in [0, 0.1) is 23.4 Å². The van der Waals surface area contributed by atoms with E-state index >= 15 is 13.2 Å². The van der Waals surface area contributed by atoms with Gasteiger partial charge in [0.1, 0.15) is 17.2 Å². The lowest BCUT2D eigenvalue weighted by molar-refractivity contribution is 0.179. The van der Waals surface area contributed by atoms with Crippen LogP contribution in [0.25, 0.3) is 11.0 Å². The Morgan fingerprint density at radius 2 is 1.71 bits per heavy atom. The molecule has 6 rings (SSSR count). The molecule has 0 unspecified atom stereocenters. The topological polar surface area (TPSA) is 73.9 Å². The Labute approximate surface area is 260 Å². The molecule has 2 amide bonds. The first-order chi connectivity index (χ1) is 21.8. The number of amides is 2. The van der Waals surface area contributed by atoms with Crippen LogP contribution in [0.15, 0.2) is 42.6 Å². The molecule has 2 aromatic carbocycles. The van der Waals surface area contributed by atoms with E-state index in [1.54, 1.807) is 12.3 Å². The predicted octanol–water partition coefficient (Wildman–Crippen LogP) is 7.72. The van der Waals surface area contributed by atoms with Crippen LogP contribution in [0.2, 0.25) is 0 Å². The summed E-state index contributed by atoms with van der Waals surface area (Å²) in [4.78, 5) is 26.8. The number of carbonyl (C=O) groups is 1. The third-order valence-corrected chi connectivity index (χ3v) is 9.02. The Hall–Kier alpha value is -4.25. The number of fused-ring (bicyclic) bond motifs is 3. The van der Waals surface area contributed by atoms with E-state index in [1.165, 1.54) is 69.4 Å². The molecule has 45 heavy (non-hydrogen) atoms. The van der Waals surface area contributed by atoms with E-state index in [4.69, 9.17) is 9.47 Å². The number of para-hydroxylation sites is 1. The first-order valence-electron chi connectivity index (χ1n) is 15.5. The fourth-order valence-electron chi connectivity index (χ4n) is 6.54. The van der Waals surface area contributed by atoms with Crippen LogP contribution < -0.4 is 19.3 Å². The monoisotopic (exact) mass is 621 g/mol. The summed E-state index contributed by atoms with van der Waals surface area (Å²) >= 11 is 0. The zero-order chi connectivity index (χ0) is 31.7. The molecule has 0 atom stereocenters. The van der Waals surface area contributed by atoms with Crippen LogP contribution in [0.4, 0.5) is 35.0 Å². The molecular formula is C34H38F3N5O3. The minimum absolute atomic E-state index is 0.0506. The van der Waals surface area contributed by atoms with Gasteiger partial charge in [-0.05, 0) is 50.0 Å². The summed E-state index contributed by atoms with van der Waals surface area (Å²) in [6, 6.07) is 8.01. The number of hydrogen-bond acceptors (Lipinski definition) is 5. The molecule has 11 heteroatoms. The quantitative estimate of drug-likeness (QED) is 0.196. The van der Waals surface area contributed by atoms with Crippen LogP contribution in [-0.4, -0.2) is 54.8 Å². The summed E-state index contributed by atoms with van der Waals surface area (Å²) in [5.74, 6) is -2.60. The second-order valence-corrected chi connectivity index (χ2v) is 11.8. The van der Waals surface area contributed by atoms with Crippen LogP contribution >= 0.6 is 0 Å². The van der Waals surface area contributed by atoms with Crippen LogP contribution in [0.5, 0.6) is 11.5 Å². The van der Waals surface area contributed by atoms with Crippen molar-refractivity contribution in [1.82, 2.24) is 14.9 Å². The summed E-state index contributed by atoms with van der Waals surface area (Å²) in [5.41, 5.74) is 1.69. The van der Waals surface area contributed by atoms with Gasteiger partial charge in [-0.3, -0.25) is 9.80 Å². The summed E-state index contributed by atoms with van der Waals surface area (Å²) in [6.45, 7) is 5.07. The number of anilines is 3. The van der Waals surface area contributed by atoms with Gasteiger partial charge in [0.25, 0.3) is 0 Å². The standard InChI is InChI=1S/C34H38F3N5O3/c1-4-5-8-21-11-14-40(15-12-21)16-13-23-17-24-31-22(19-38-33(24)39-23)20-41(34(43)42(31)26-10-7-6-9-25(26)35)32-29(36)27(44-2)18-28(45-3)30(32)37/h6-7,9-10,17-19,21H,4-5,8,11-16,20H2,1-3H3,(H,38,39). The number of likely N-dealkylation sites (tertiary alicyclic amines) is 1. The molecule has 1 fully saturated rings. The highest BCUT2D eigenvalue weighted by atomic mass is 19.1. The number of nitrogens with one attached hydrogen (secondary N) is 1. The lowest BCUT2D eigenvalue weighted by atomic mass is 9.91. The Bertz CT molecular complexity index is 1670. The third-order valence-electron chi connectivity index (χ3n) is 9.02. The molecule has 2 aliphatic heterocycles. The number of nitrogens with zero attached hydrogens (tertiary/aromatic N) is 4. The van der Waals surface area contributed by atoms with Crippen molar-refractivity contribution in [3.05, 3.63) is 71.3 Å². The molecule has 0 saturated carbocycles. The molecule has 0 radical (unpaired) electrons. The Morgan fingerprint density at radius 1 is 1.00 bits per heavy atom. The first kappa shape index (κ1) is 30.8. The first-order valence-corrected chi connectivity index (χ1v) is 15.5. The van der Waals surface area contributed by atoms with Gasteiger partial charge in [-0.1, -0.05) is 38.3 Å². The van der Waals surface area contributed by atoms with Crippen molar-refractivity contribution in [3.8, 4) is 11.5 Å². The average molecular weight is 622 g/mol. The highest BCUT2D eigenvalue weighted by Crippen LogP contribution is 2.45. The Balaban J connectivity index is 1.36. The van der Waals surface area contributed by atoms with E-state index in [-0.39, 0.29) is 23.7 Å². The fraction of sp³-hybridized carbons (Fsp3) is 0.412. The Morgan fingerprint density at radius 3 is 2.38 bits per heavy atom. The number of ether oxygens (including phenoxy) is 2. The number of rotatable bonds is 10. The summed E-state index contributed by atoms with van der Waals surface area (Å²) in [7, 11) is 2.47. The summed E-state index contributed by atoms with van der Waals surface area (Å²) in [5, 5.41) is 0.626. The molecule has 2 aliphatic rings. The maximum absolute atomic E-state index is 15.6. The van der Waals surface area contributed by atoms with Crippen molar-refractivity contribution >= 4 is 34.1 Å². The number of carbonyl (C=O) groups excluding carboxylic acids is 1. The highest BCUT2D eigenvalue weighted by Gasteiger charge is 2.39. The molecule has 0 bridgehead atoms. The smallest absolute Gasteiger partial charge is 0.334 e. The van der Waals surface area contributed by atoms with Gasteiger partial charge in [-0.15, -0.1) is 0 Å². The third kappa shape index (κ3) is 5.81. The van der Waals surface area contributed by atoms with Crippen molar-refractivity contribution < 1.29 is 27.4 Å². The second kappa shape index (κ2) is 13.0. The summed E-state index contributed by atoms with van der Waals surface area (Å²) < 4.78 is 56.8. The number of piperidine rings is 1. The second-order valence-electron chi connectivity index (χ2n) is 11.8. The van der Waals surface area contributed by atoms with Crippen LogP contribution in [0.1, 0.15) is 50.3 Å². The number of unbranched alkanes of at least 4 members (excludes halogenated alkanes) is 1. The zero-order valence-electron chi connectivity index (χ0n) is 25.8. The molecule has 238 valence electrons. The molecule has 2 aromatic heterocycles. The molecule has 8 nitrogen and oxygen atoms in total. The van der Waals surface area contributed by atoms with Gasteiger partial charge in [0.15, 0.2) is 23.1 Å². The maximum atomic E-state index is 15.6. The molecule has 0 spiro atoms. The lowest BCUT2D eigenvalue weighted by Gasteiger charge is -2.37. The number of urea groups is 1. The van der Waals surface area contributed by atoms with Gasteiger partial charge in [-0.25, -0.2) is 22.9 Å². The average Bonchev–Trinajstić information content (AvgIpc) is 3.48. The maximum Gasteiger partial charge on any atom is 0.334 e. The number of pyridine rings is 1. The number of halogens is 3. The van der Waals surface area contributed by atoms with E-state index in [0.29, 0.717) is 22.3 Å². The molecule has 1 saturated heterocycles. The van der Waals surface area contributed by atoms with Crippen LogP contribution in [0.3, 0.4) is 0 Å². The van der Waals surface area contributed by atoms with Gasteiger partial charge in [0, 0.05) is 41.9 Å². The van der Waals surface area contributed by atoms with Crippen molar-refractivity contribution in [1.29, 1.82) is 0 Å². The largest absolute Gasteiger partial charge is 0.493 e. The highest BCUT2D eigenvalue weighted by molar-refractivity contribution is 6.15. The predicted molar refractivity (Wildman–Crippen MR) is 168 cm³/mol. The number of aromatic amines is 1. The minimum Gasteiger partial charge on any atom is -0.493 e. The van der Waals surface area contributed by atoms with Gasteiger partial charge >= 0.3 is 6.03 Å². The van der Waals surface area contributed by atoms with E-state index < -0.39 is 29.2 Å².